The lowest BCUT2D eigenvalue weighted by atomic mass is 10.1. The predicted molar refractivity (Wildman–Crippen MR) is 81.2 cm³/mol. The van der Waals surface area contributed by atoms with Gasteiger partial charge in [0.25, 0.3) is 0 Å². The van der Waals surface area contributed by atoms with Gasteiger partial charge in [0, 0.05) is 39.3 Å². The summed E-state index contributed by atoms with van der Waals surface area (Å²) in [4.78, 5) is 6.43. The lowest BCUT2D eigenvalue weighted by molar-refractivity contribution is 0.422. The number of allylic oxidation sites excluding steroid dienone is 1. The second kappa shape index (κ2) is 8.97. The van der Waals surface area contributed by atoms with E-state index in [1.54, 1.807) is 0 Å². The summed E-state index contributed by atoms with van der Waals surface area (Å²) in [5.41, 5.74) is 0.168. The van der Waals surface area contributed by atoms with Crippen LogP contribution in [0.1, 0.15) is 33.6 Å². The second-order valence-corrected chi connectivity index (χ2v) is 5.50. The molecule has 0 unspecified atom stereocenters. The van der Waals surface area contributed by atoms with Gasteiger partial charge in [-0.1, -0.05) is 6.08 Å². The summed E-state index contributed by atoms with van der Waals surface area (Å²) in [5.74, 6) is 0.953. The molecular weight excluding hydrogens is 224 g/mol. The molecule has 0 aromatic heterocycles. The molecular formula is C14H30N4. The van der Waals surface area contributed by atoms with Gasteiger partial charge in [0.2, 0.25) is 0 Å². The first kappa shape index (κ1) is 17.0. The highest BCUT2D eigenvalue weighted by Crippen LogP contribution is 1.97. The third-order valence-corrected chi connectivity index (χ3v) is 2.54. The Morgan fingerprint density at radius 3 is 2.50 bits per heavy atom. The van der Waals surface area contributed by atoms with Gasteiger partial charge in [-0.3, -0.25) is 4.99 Å². The van der Waals surface area contributed by atoms with Gasteiger partial charge >= 0.3 is 0 Å². The van der Waals surface area contributed by atoms with Gasteiger partial charge in [0.15, 0.2) is 5.96 Å². The fourth-order valence-corrected chi connectivity index (χ4v) is 1.58. The molecule has 2 N–H and O–H groups in total. The molecule has 0 atom stereocenters. The standard InChI is InChI=1S/C14H30N4/c1-7-8-9-12-18(6)13(15-5)16-10-11-17-14(2,3)4/h7,17H,1,8-12H2,2-6H3,(H,15,16). The Morgan fingerprint density at radius 2 is 2.00 bits per heavy atom. The van der Waals surface area contributed by atoms with E-state index in [4.69, 9.17) is 0 Å². The third kappa shape index (κ3) is 9.05. The summed E-state index contributed by atoms with van der Waals surface area (Å²) in [5, 5.41) is 6.80. The van der Waals surface area contributed by atoms with Gasteiger partial charge in [-0.2, -0.15) is 0 Å². The van der Waals surface area contributed by atoms with Crippen molar-refractivity contribution in [1.29, 1.82) is 0 Å². The van der Waals surface area contributed by atoms with Crippen LogP contribution in [0, 0.1) is 0 Å². The van der Waals surface area contributed by atoms with Gasteiger partial charge in [-0.15, -0.1) is 6.58 Å². The number of hydrogen-bond donors (Lipinski definition) is 2. The van der Waals surface area contributed by atoms with Crippen molar-refractivity contribution in [2.75, 3.05) is 33.7 Å². The van der Waals surface area contributed by atoms with E-state index in [0.717, 1.165) is 38.4 Å². The molecule has 18 heavy (non-hydrogen) atoms. The topological polar surface area (TPSA) is 39.7 Å². The summed E-state index contributed by atoms with van der Waals surface area (Å²) < 4.78 is 0. The molecule has 0 bridgehead atoms. The zero-order chi connectivity index (χ0) is 14.0. The lowest BCUT2D eigenvalue weighted by Gasteiger charge is -2.24. The molecule has 0 amide bonds. The molecule has 0 fully saturated rings. The molecule has 106 valence electrons. The number of guanidine groups is 1. The number of hydrogen-bond acceptors (Lipinski definition) is 2. The molecule has 0 saturated carbocycles. The molecule has 0 saturated heterocycles. The van der Waals surface area contributed by atoms with E-state index in [1.807, 2.05) is 13.1 Å². The van der Waals surface area contributed by atoms with E-state index < -0.39 is 0 Å². The Balaban J connectivity index is 3.86. The van der Waals surface area contributed by atoms with Crippen LogP contribution in [-0.4, -0.2) is 50.1 Å². The molecule has 0 aliphatic rings. The first-order valence-electron chi connectivity index (χ1n) is 6.68. The van der Waals surface area contributed by atoms with Crippen LogP contribution in [0.2, 0.25) is 0 Å². The van der Waals surface area contributed by atoms with Crippen molar-refractivity contribution in [3.63, 3.8) is 0 Å². The highest BCUT2D eigenvalue weighted by atomic mass is 15.3. The molecule has 4 nitrogen and oxygen atoms in total. The number of nitrogens with one attached hydrogen (secondary N) is 2. The zero-order valence-electron chi connectivity index (χ0n) is 12.7. The summed E-state index contributed by atoms with van der Waals surface area (Å²) in [7, 11) is 3.89. The van der Waals surface area contributed by atoms with Crippen LogP contribution in [0.3, 0.4) is 0 Å². The Bertz CT molecular complexity index is 253. The summed E-state index contributed by atoms with van der Waals surface area (Å²) in [6.45, 7) is 13.1. The van der Waals surface area contributed by atoms with Crippen molar-refractivity contribution >= 4 is 5.96 Å². The number of rotatable bonds is 7. The van der Waals surface area contributed by atoms with Crippen molar-refractivity contribution in [3.05, 3.63) is 12.7 Å². The molecule has 0 aliphatic heterocycles. The van der Waals surface area contributed by atoms with Gasteiger partial charge in [-0.25, -0.2) is 0 Å². The van der Waals surface area contributed by atoms with E-state index >= 15 is 0 Å². The minimum absolute atomic E-state index is 0.168. The first-order valence-corrected chi connectivity index (χ1v) is 6.68. The van der Waals surface area contributed by atoms with Crippen molar-refractivity contribution in [2.24, 2.45) is 4.99 Å². The van der Waals surface area contributed by atoms with Crippen LogP contribution in [0.5, 0.6) is 0 Å². The maximum Gasteiger partial charge on any atom is 0.193 e. The van der Waals surface area contributed by atoms with Crippen molar-refractivity contribution in [1.82, 2.24) is 15.5 Å². The largest absolute Gasteiger partial charge is 0.355 e. The predicted octanol–water partition coefficient (Wildman–Crippen LogP) is 1.85. The Hall–Kier alpha value is -1.03. The monoisotopic (exact) mass is 254 g/mol. The van der Waals surface area contributed by atoms with Crippen LogP contribution in [0.15, 0.2) is 17.6 Å². The molecule has 4 heteroatoms. The molecule has 0 spiro atoms. The normalized spacial score (nSPS) is 12.4. The molecule has 0 aromatic rings. The SMILES string of the molecule is C=CCCCN(C)C(=NC)NCCNC(C)(C)C. The van der Waals surface area contributed by atoms with Crippen molar-refractivity contribution in [3.8, 4) is 0 Å². The third-order valence-electron chi connectivity index (χ3n) is 2.54. The lowest BCUT2D eigenvalue weighted by Crippen LogP contribution is -2.45. The minimum atomic E-state index is 0.168. The van der Waals surface area contributed by atoms with Crippen LogP contribution < -0.4 is 10.6 Å². The quantitative estimate of drug-likeness (QED) is 0.315. The Kier molecular flexibility index (Phi) is 8.46. The Labute approximate surface area is 113 Å². The fraction of sp³-hybridized carbons (Fsp3) is 0.786. The molecule has 0 radical (unpaired) electrons. The summed E-state index contributed by atoms with van der Waals surface area (Å²) in [6, 6.07) is 0. The van der Waals surface area contributed by atoms with E-state index in [2.05, 4.69) is 54.9 Å². The van der Waals surface area contributed by atoms with Crippen LogP contribution in [-0.2, 0) is 0 Å². The molecule has 0 heterocycles. The fourth-order valence-electron chi connectivity index (χ4n) is 1.58. The van der Waals surface area contributed by atoms with E-state index in [0.29, 0.717) is 0 Å². The van der Waals surface area contributed by atoms with Gasteiger partial charge in [0.1, 0.15) is 0 Å². The Morgan fingerprint density at radius 1 is 1.33 bits per heavy atom. The molecule has 0 rings (SSSR count). The average molecular weight is 254 g/mol. The van der Waals surface area contributed by atoms with Crippen LogP contribution >= 0.6 is 0 Å². The minimum Gasteiger partial charge on any atom is -0.355 e. The number of nitrogens with zero attached hydrogens (tertiary/aromatic N) is 2. The van der Waals surface area contributed by atoms with Gasteiger partial charge in [0.05, 0.1) is 0 Å². The zero-order valence-corrected chi connectivity index (χ0v) is 12.7. The van der Waals surface area contributed by atoms with Crippen LogP contribution in [0.4, 0.5) is 0 Å². The number of unbranched alkanes of at least 4 members (excludes halogenated alkanes) is 1. The maximum atomic E-state index is 4.28. The van der Waals surface area contributed by atoms with Crippen molar-refractivity contribution < 1.29 is 0 Å². The highest BCUT2D eigenvalue weighted by molar-refractivity contribution is 5.79. The number of aliphatic imine (C=N–C) groups is 1. The molecule has 0 aromatic carbocycles. The average Bonchev–Trinajstić information content (AvgIpc) is 2.28. The van der Waals surface area contributed by atoms with Crippen molar-refractivity contribution in [2.45, 2.75) is 39.2 Å². The summed E-state index contributed by atoms with van der Waals surface area (Å²) in [6.07, 6.45) is 4.12. The second-order valence-electron chi connectivity index (χ2n) is 5.50. The highest BCUT2D eigenvalue weighted by Gasteiger charge is 2.08. The van der Waals surface area contributed by atoms with E-state index in [-0.39, 0.29) is 5.54 Å². The molecule has 0 aliphatic carbocycles. The summed E-state index contributed by atoms with van der Waals surface area (Å²) >= 11 is 0. The van der Waals surface area contributed by atoms with Gasteiger partial charge < -0.3 is 15.5 Å². The first-order chi connectivity index (χ1) is 8.40. The van der Waals surface area contributed by atoms with E-state index in [1.165, 1.54) is 0 Å². The van der Waals surface area contributed by atoms with Gasteiger partial charge in [-0.05, 0) is 33.6 Å². The maximum absolute atomic E-state index is 4.28. The van der Waals surface area contributed by atoms with Crippen LogP contribution in [0.25, 0.3) is 0 Å². The smallest absolute Gasteiger partial charge is 0.193 e. The van der Waals surface area contributed by atoms with E-state index in [9.17, 15) is 0 Å².